The smallest absolute Gasteiger partial charge is 0.160 e. The molecule has 1 aliphatic heterocycles. The zero-order chi connectivity index (χ0) is 23.8. The summed E-state index contributed by atoms with van der Waals surface area (Å²) >= 11 is -2.18. The number of benzene rings is 1. The Bertz CT molecular complexity index is 722. The molecule has 3 fully saturated rings. The van der Waals surface area contributed by atoms with Gasteiger partial charge in [-0.3, -0.25) is 9.47 Å². The summed E-state index contributed by atoms with van der Waals surface area (Å²) in [6.45, 7) is 6.05. The van der Waals surface area contributed by atoms with Gasteiger partial charge >= 0.3 is 0 Å². The van der Waals surface area contributed by atoms with Crippen molar-refractivity contribution < 1.29 is 28.4 Å². The minimum absolute atomic E-state index is 0.160. The minimum atomic E-state index is -2.18. The molecule has 2 saturated carbocycles. The number of fused-ring (bicyclic) bond motifs is 1. The Hall–Kier alpha value is -0.830. The van der Waals surface area contributed by atoms with Gasteiger partial charge in [-0.2, -0.15) is 0 Å². The summed E-state index contributed by atoms with van der Waals surface area (Å²) in [7, 11) is 1.18. The summed E-state index contributed by atoms with van der Waals surface area (Å²) in [6.07, 6.45) is 11.0. The zero-order valence-electron chi connectivity index (χ0n) is 20.3. The Morgan fingerprint density at radius 2 is 1.82 bits per heavy atom. The van der Waals surface area contributed by atoms with Crippen LogP contribution in [0.1, 0.15) is 70.8 Å². The topological polar surface area (TPSA) is 88.1 Å². The van der Waals surface area contributed by atoms with Crippen LogP contribution in [-0.2, 0) is 32.0 Å². The van der Waals surface area contributed by atoms with Gasteiger partial charge in [0.2, 0.25) is 0 Å². The first-order valence-corrected chi connectivity index (χ1v) is 13.6. The number of ether oxygens (including phenoxy) is 2. The lowest BCUT2D eigenvalue weighted by molar-refractivity contribution is -0.237. The Balaban J connectivity index is 0.000000968. The summed E-state index contributed by atoms with van der Waals surface area (Å²) in [5, 5.41) is 7.07. The first kappa shape index (κ1) is 26.8. The molecule has 2 aliphatic carbocycles. The van der Waals surface area contributed by atoms with Gasteiger partial charge in [0.25, 0.3) is 0 Å². The lowest BCUT2D eigenvalue weighted by atomic mass is 9.64. The van der Waals surface area contributed by atoms with Gasteiger partial charge in [0, 0.05) is 10.8 Å². The highest BCUT2D eigenvalue weighted by molar-refractivity contribution is 7.79. The van der Waals surface area contributed by atoms with Gasteiger partial charge in [0.05, 0.1) is 20.3 Å². The predicted molar refractivity (Wildman–Crippen MR) is 127 cm³/mol. The summed E-state index contributed by atoms with van der Waals surface area (Å²) in [4.78, 5) is 3.56. The Morgan fingerprint density at radius 3 is 2.42 bits per heavy atom. The third-order valence-electron chi connectivity index (χ3n) is 8.30. The molecule has 188 valence electrons. The Kier molecular flexibility index (Phi) is 10.8. The van der Waals surface area contributed by atoms with E-state index >= 15 is 0 Å². The van der Waals surface area contributed by atoms with E-state index in [-0.39, 0.29) is 6.29 Å². The molecule has 0 spiro atoms. The molecular weight excluding hydrogens is 440 g/mol. The van der Waals surface area contributed by atoms with Crippen LogP contribution in [0.3, 0.4) is 0 Å². The van der Waals surface area contributed by atoms with Gasteiger partial charge in [-0.05, 0) is 71.2 Å². The quantitative estimate of drug-likeness (QED) is 0.287. The van der Waals surface area contributed by atoms with Crippen LogP contribution in [-0.4, -0.2) is 34.0 Å². The summed E-state index contributed by atoms with van der Waals surface area (Å²) in [5.41, 5.74) is 0.980. The van der Waals surface area contributed by atoms with Crippen LogP contribution in [0, 0.1) is 35.5 Å². The molecule has 0 bridgehead atoms. The minimum Gasteiger partial charge on any atom is -0.768 e. The average molecular weight is 482 g/mol. The maximum atomic E-state index is 11.0. The fraction of sp³-hybridized carbons (Fsp3) is 0.769. The van der Waals surface area contributed by atoms with Crippen molar-refractivity contribution in [1.29, 1.82) is 0 Å². The fourth-order valence-corrected chi connectivity index (χ4v) is 6.38. The van der Waals surface area contributed by atoms with Crippen molar-refractivity contribution >= 4 is 11.1 Å². The van der Waals surface area contributed by atoms with Gasteiger partial charge in [-0.1, -0.05) is 64.5 Å². The molecule has 1 aromatic rings. The van der Waals surface area contributed by atoms with E-state index in [1.165, 1.54) is 58.5 Å². The predicted octanol–water partition coefficient (Wildman–Crippen LogP) is 5.79. The molecule has 1 N–H and O–H groups in total. The van der Waals surface area contributed by atoms with Crippen molar-refractivity contribution in [2.45, 2.75) is 83.0 Å². The third kappa shape index (κ3) is 7.33. The molecule has 3 unspecified atom stereocenters. The van der Waals surface area contributed by atoms with Gasteiger partial charge in [-0.15, -0.1) is 0 Å². The summed E-state index contributed by atoms with van der Waals surface area (Å²) in [6, 6.07) is 6.89. The summed E-state index contributed by atoms with van der Waals surface area (Å²) < 4.78 is 34.4. The van der Waals surface area contributed by atoms with Crippen molar-refractivity contribution in [1.82, 2.24) is 0 Å². The number of hydrogen-bond acceptors (Lipinski definition) is 6. The normalized spacial score (nSPS) is 31.5. The molecule has 6 nitrogen and oxygen atoms in total. The van der Waals surface area contributed by atoms with Gasteiger partial charge < -0.3 is 14.0 Å². The molecule has 33 heavy (non-hydrogen) atoms. The lowest BCUT2D eigenvalue weighted by Gasteiger charge is -2.47. The maximum absolute atomic E-state index is 11.0. The van der Waals surface area contributed by atoms with Gasteiger partial charge in [0.1, 0.15) is 0 Å². The SMILES string of the molecule is CC(CC[C@H]1CCC[C@@H]2C1CO[C@H](OCc1ccc(S(=O)[O-])cc1)[C@@H]2C)C1CCC1.COO. The summed E-state index contributed by atoms with van der Waals surface area (Å²) in [5.74, 6) is 4.49. The highest BCUT2D eigenvalue weighted by atomic mass is 32.2. The van der Waals surface area contributed by atoms with Crippen LogP contribution >= 0.6 is 0 Å². The van der Waals surface area contributed by atoms with Gasteiger partial charge in [-0.25, -0.2) is 4.89 Å². The average Bonchev–Trinajstić information content (AvgIpc) is 2.77. The second-order valence-electron chi connectivity index (χ2n) is 10.2. The molecule has 4 rings (SSSR count). The fourth-order valence-electron chi connectivity index (χ4n) is 6.02. The third-order valence-corrected chi connectivity index (χ3v) is 8.96. The molecule has 3 aliphatic rings. The highest BCUT2D eigenvalue weighted by Crippen LogP contribution is 2.47. The van der Waals surface area contributed by atoms with E-state index in [1.54, 1.807) is 12.1 Å². The highest BCUT2D eigenvalue weighted by Gasteiger charge is 2.43. The number of rotatable bonds is 8. The van der Waals surface area contributed by atoms with E-state index in [0.29, 0.717) is 29.3 Å². The van der Waals surface area contributed by atoms with Gasteiger partial charge in [0.15, 0.2) is 6.29 Å². The standard InChI is InChI=1S/C25H38O4S.CH4O2/c1-17(20-5-3-6-20)9-12-21-7-4-8-23-18(2)25(29-16-24(21)23)28-15-19-10-13-22(14-11-19)30(26)27;1-3-2/h10-11,13-14,17-18,20-21,23-25H,3-9,12,15-16H2,1-2H3,(H,26,27);2H,1H3/p-1/t17?,18-,21-,23+,24?,25+;/m1./s1. The molecule has 0 aromatic heterocycles. The van der Waals surface area contributed by atoms with Crippen molar-refractivity contribution in [3.05, 3.63) is 29.8 Å². The molecular formula is C26H41O6S-. The maximum Gasteiger partial charge on any atom is 0.160 e. The lowest BCUT2D eigenvalue weighted by Crippen LogP contribution is -2.46. The van der Waals surface area contributed by atoms with Crippen LogP contribution in [0.2, 0.25) is 0 Å². The van der Waals surface area contributed by atoms with E-state index in [2.05, 4.69) is 18.7 Å². The van der Waals surface area contributed by atoms with Crippen molar-refractivity contribution in [2.24, 2.45) is 35.5 Å². The molecule has 1 aromatic carbocycles. The molecule has 1 heterocycles. The Morgan fingerprint density at radius 1 is 1.15 bits per heavy atom. The van der Waals surface area contributed by atoms with E-state index in [1.807, 2.05) is 12.1 Å². The van der Waals surface area contributed by atoms with Crippen LogP contribution < -0.4 is 0 Å². The second kappa shape index (κ2) is 13.3. The van der Waals surface area contributed by atoms with Crippen LogP contribution in [0.4, 0.5) is 0 Å². The van der Waals surface area contributed by atoms with Crippen molar-refractivity contribution in [3.63, 3.8) is 0 Å². The molecule has 0 radical (unpaired) electrons. The Labute approximate surface area is 201 Å². The monoisotopic (exact) mass is 481 g/mol. The zero-order valence-corrected chi connectivity index (χ0v) is 21.1. The first-order chi connectivity index (χ1) is 15.9. The van der Waals surface area contributed by atoms with E-state index in [0.717, 1.165) is 29.9 Å². The van der Waals surface area contributed by atoms with E-state index in [4.69, 9.17) is 14.7 Å². The molecule has 1 saturated heterocycles. The molecule has 7 heteroatoms. The van der Waals surface area contributed by atoms with Crippen LogP contribution in [0.15, 0.2) is 29.2 Å². The molecule has 0 amide bonds. The van der Waals surface area contributed by atoms with Crippen LogP contribution in [0.25, 0.3) is 0 Å². The second-order valence-corrected chi connectivity index (χ2v) is 11.1. The van der Waals surface area contributed by atoms with E-state index < -0.39 is 11.1 Å². The largest absolute Gasteiger partial charge is 0.768 e. The molecule has 7 atom stereocenters. The first-order valence-electron chi connectivity index (χ1n) is 12.5. The van der Waals surface area contributed by atoms with Crippen LogP contribution in [0.5, 0.6) is 0 Å². The number of hydrogen-bond donors (Lipinski definition) is 1. The van der Waals surface area contributed by atoms with Crippen molar-refractivity contribution in [3.8, 4) is 0 Å². The van der Waals surface area contributed by atoms with Crippen molar-refractivity contribution in [2.75, 3.05) is 13.7 Å². The van der Waals surface area contributed by atoms with E-state index in [9.17, 15) is 8.76 Å².